The average molecular weight is 484 g/mol. The van der Waals surface area contributed by atoms with Crippen LogP contribution in [0.15, 0.2) is 58.9 Å². The minimum Gasteiger partial charge on any atom is -0.481 e. The number of nitrogens with zero attached hydrogens (tertiary/aromatic N) is 3. The molecule has 1 aromatic carbocycles. The molecule has 1 aliphatic heterocycles. The lowest BCUT2D eigenvalue weighted by molar-refractivity contribution is -0.137. The molecule has 1 aliphatic rings. The Kier molecular flexibility index (Phi) is 7.19. The molecule has 1 N–H and O–H groups in total. The van der Waals surface area contributed by atoms with Crippen LogP contribution in [-0.4, -0.2) is 42.5 Å². The van der Waals surface area contributed by atoms with Crippen LogP contribution in [0.5, 0.6) is 0 Å². The van der Waals surface area contributed by atoms with Crippen molar-refractivity contribution in [3.63, 3.8) is 0 Å². The molecular weight excluding hydrogens is 462 g/mol. The molecule has 0 saturated carbocycles. The quantitative estimate of drug-likeness (QED) is 0.248. The van der Waals surface area contributed by atoms with Crippen LogP contribution >= 0.6 is 35.3 Å². The van der Waals surface area contributed by atoms with E-state index in [2.05, 4.69) is 0 Å². The number of thioether (sulfide) groups is 1. The molecule has 32 heavy (non-hydrogen) atoms. The molecule has 3 aromatic rings. The molecule has 1 fully saturated rings. The molecule has 1 amide bonds. The second-order valence-corrected chi connectivity index (χ2v) is 9.85. The topological polar surface area (TPSA) is 75.4 Å². The van der Waals surface area contributed by atoms with Gasteiger partial charge in [0.15, 0.2) is 0 Å². The first-order valence-corrected chi connectivity index (χ1v) is 12.3. The van der Waals surface area contributed by atoms with Crippen LogP contribution in [0.4, 0.5) is 0 Å². The molecular formula is C23H21N3O3S3. The maximum atomic E-state index is 13.0. The first-order chi connectivity index (χ1) is 15.5. The van der Waals surface area contributed by atoms with Gasteiger partial charge < -0.3 is 5.11 Å². The van der Waals surface area contributed by atoms with E-state index >= 15 is 0 Å². The first-order valence-electron chi connectivity index (χ1n) is 10.2. The number of aromatic nitrogens is 2. The summed E-state index contributed by atoms with van der Waals surface area (Å²) >= 11 is 8.34. The van der Waals surface area contributed by atoms with Gasteiger partial charge in [0.05, 0.1) is 15.5 Å². The number of carboxylic acid groups (broad SMARTS) is 1. The van der Waals surface area contributed by atoms with Crippen LogP contribution in [0.25, 0.3) is 22.3 Å². The smallest absolute Gasteiger partial charge is 0.303 e. The average Bonchev–Trinajstić information content (AvgIpc) is 3.50. The summed E-state index contributed by atoms with van der Waals surface area (Å²) in [6.45, 7) is 0.503. The second kappa shape index (κ2) is 10.2. The van der Waals surface area contributed by atoms with Crippen LogP contribution in [0.1, 0.15) is 31.2 Å². The number of carbonyl (C=O) groups is 2. The van der Waals surface area contributed by atoms with E-state index in [4.69, 9.17) is 22.4 Å². The third-order valence-corrected chi connectivity index (χ3v) is 7.20. The second-order valence-electron chi connectivity index (χ2n) is 7.23. The van der Waals surface area contributed by atoms with E-state index in [1.54, 1.807) is 16.2 Å². The van der Waals surface area contributed by atoms with Gasteiger partial charge in [-0.2, -0.15) is 5.10 Å². The van der Waals surface area contributed by atoms with Gasteiger partial charge in [0, 0.05) is 24.7 Å². The number of carbonyl (C=O) groups excluding carboxylic acids is 1. The number of aliphatic carboxylic acids is 1. The Morgan fingerprint density at radius 3 is 2.66 bits per heavy atom. The van der Waals surface area contributed by atoms with Gasteiger partial charge >= 0.3 is 5.97 Å². The number of rotatable bonds is 9. The number of thiophene rings is 1. The van der Waals surface area contributed by atoms with Gasteiger partial charge in [-0.05, 0) is 42.5 Å². The highest BCUT2D eigenvalue weighted by atomic mass is 32.2. The van der Waals surface area contributed by atoms with Gasteiger partial charge in [-0.1, -0.05) is 54.7 Å². The summed E-state index contributed by atoms with van der Waals surface area (Å²) in [5.74, 6) is -0.904. The van der Waals surface area contributed by atoms with E-state index in [1.165, 1.54) is 11.8 Å². The lowest BCUT2D eigenvalue weighted by atomic mass is 10.2. The van der Waals surface area contributed by atoms with Crippen molar-refractivity contribution in [1.29, 1.82) is 0 Å². The normalized spacial score (nSPS) is 15.1. The number of thiocarbonyl (C=S) groups is 1. The molecule has 0 atom stereocenters. The summed E-state index contributed by atoms with van der Waals surface area (Å²) in [6.07, 6.45) is 6.01. The van der Waals surface area contributed by atoms with Crippen LogP contribution in [0.3, 0.4) is 0 Å². The lowest BCUT2D eigenvalue weighted by Gasteiger charge is -2.13. The molecule has 0 radical (unpaired) electrons. The zero-order chi connectivity index (χ0) is 22.5. The van der Waals surface area contributed by atoms with Crippen molar-refractivity contribution in [3.8, 4) is 16.3 Å². The van der Waals surface area contributed by atoms with Crippen molar-refractivity contribution in [2.24, 2.45) is 0 Å². The largest absolute Gasteiger partial charge is 0.481 e. The zero-order valence-corrected chi connectivity index (χ0v) is 19.6. The predicted molar refractivity (Wildman–Crippen MR) is 133 cm³/mol. The Balaban J connectivity index is 1.55. The number of para-hydroxylation sites is 1. The fourth-order valence-corrected chi connectivity index (χ4v) is 5.40. The number of carboxylic acids is 1. The maximum Gasteiger partial charge on any atom is 0.303 e. The molecule has 0 spiro atoms. The SMILES string of the molecule is O=C(O)CCCCCN1C(=O)/C(=C/c2cn(-c3ccccc3)nc2-c2cccs2)SC1=S. The molecule has 3 heterocycles. The fourth-order valence-electron chi connectivity index (χ4n) is 3.37. The highest BCUT2D eigenvalue weighted by Crippen LogP contribution is 2.36. The van der Waals surface area contributed by atoms with Crippen LogP contribution in [-0.2, 0) is 9.59 Å². The van der Waals surface area contributed by atoms with Crippen LogP contribution in [0.2, 0.25) is 0 Å². The van der Waals surface area contributed by atoms with Crippen molar-refractivity contribution in [1.82, 2.24) is 14.7 Å². The van der Waals surface area contributed by atoms with E-state index in [9.17, 15) is 9.59 Å². The van der Waals surface area contributed by atoms with Gasteiger partial charge in [-0.15, -0.1) is 11.3 Å². The molecule has 0 unspecified atom stereocenters. The number of hydrogen-bond donors (Lipinski definition) is 1. The maximum absolute atomic E-state index is 13.0. The predicted octanol–water partition coefficient (Wildman–Crippen LogP) is 5.45. The van der Waals surface area contributed by atoms with Crippen LogP contribution < -0.4 is 0 Å². The van der Waals surface area contributed by atoms with E-state index in [1.807, 2.05) is 64.8 Å². The summed E-state index contributed by atoms with van der Waals surface area (Å²) < 4.78 is 2.36. The van der Waals surface area contributed by atoms with Crippen molar-refractivity contribution >= 4 is 57.6 Å². The van der Waals surface area contributed by atoms with E-state index in [0.717, 1.165) is 34.7 Å². The van der Waals surface area contributed by atoms with E-state index < -0.39 is 5.97 Å². The highest BCUT2D eigenvalue weighted by Gasteiger charge is 2.32. The molecule has 0 bridgehead atoms. The highest BCUT2D eigenvalue weighted by molar-refractivity contribution is 8.26. The zero-order valence-electron chi connectivity index (χ0n) is 17.1. The summed E-state index contributed by atoms with van der Waals surface area (Å²) in [5, 5.41) is 15.5. The molecule has 0 aliphatic carbocycles. The standard InChI is InChI=1S/C23H21N3O3S3/c27-20(28)11-5-2-6-12-25-22(29)19(32-23(25)30)14-16-15-26(17-8-3-1-4-9-17)24-21(16)18-10-7-13-31-18/h1,3-4,7-10,13-15H,2,5-6,11-12H2,(H,27,28)/b19-14-. The monoisotopic (exact) mass is 483 g/mol. The van der Waals surface area contributed by atoms with Crippen molar-refractivity contribution < 1.29 is 14.7 Å². The van der Waals surface area contributed by atoms with E-state index in [-0.39, 0.29) is 12.3 Å². The Bertz CT molecular complexity index is 1150. The minimum atomic E-state index is -0.795. The van der Waals surface area contributed by atoms with Crippen molar-refractivity contribution in [2.75, 3.05) is 6.54 Å². The van der Waals surface area contributed by atoms with Crippen molar-refractivity contribution in [3.05, 3.63) is 64.5 Å². The third-order valence-electron chi connectivity index (χ3n) is 4.95. The lowest BCUT2D eigenvalue weighted by Crippen LogP contribution is -2.29. The fraction of sp³-hybridized carbons (Fsp3) is 0.217. The molecule has 6 nitrogen and oxygen atoms in total. The van der Waals surface area contributed by atoms with Gasteiger partial charge in [-0.25, -0.2) is 4.68 Å². The number of hydrogen-bond acceptors (Lipinski definition) is 6. The Morgan fingerprint density at radius 2 is 1.94 bits per heavy atom. The molecule has 164 valence electrons. The number of amides is 1. The van der Waals surface area contributed by atoms with E-state index in [0.29, 0.717) is 22.2 Å². The van der Waals surface area contributed by atoms with Crippen LogP contribution in [0, 0.1) is 0 Å². The summed E-state index contributed by atoms with van der Waals surface area (Å²) in [6, 6.07) is 13.8. The number of benzene rings is 1. The van der Waals surface area contributed by atoms with Gasteiger partial charge in [0.2, 0.25) is 0 Å². The third kappa shape index (κ3) is 5.17. The molecule has 2 aromatic heterocycles. The minimum absolute atomic E-state index is 0.108. The first kappa shape index (κ1) is 22.4. The molecule has 1 saturated heterocycles. The summed E-state index contributed by atoms with van der Waals surface area (Å²) in [7, 11) is 0. The van der Waals surface area contributed by atoms with Gasteiger partial charge in [0.25, 0.3) is 5.91 Å². The summed E-state index contributed by atoms with van der Waals surface area (Å²) in [4.78, 5) is 26.9. The number of unbranched alkanes of at least 4 members (excludes halogenated alkanes) is 2. The Hall–Kier alpha value is -2.75. The van der Waals surface area contributed by atoms with Gasteiger partial charge in [-0.3, -0.25) is 14.5 Å². The Labute approximate surface area is 199 Å². The molecule has 9 heteroatoms. The summed E-state index contributed by atoms with van der Waals surface area (Å²) in [5.41, 5.74) is 2.62. The van der Waals surface area contributed by atoms with Crippen molar-refractivity contribution in [2.45, 2.75) is 25.7 Å². The van der Waals surface area contributed by atoms with Gasteiger partial charge in [0.1, 0.15) is 10.0 Å². The Morgan fingerprint density at radius 1 is 1.12 bits per heavy atom. The molecule has 4 rings (SSSR count).